The first kappa shape index (κ1) is 13.6. The maximum absolute atomic E-state index is 10.9. The van der Waals surface area contributed by atoms with Crippen LogP contribution in [0.25, 0.3) is 0 Å². The number of hydrogen-bond acceptors (Lipinski definition) is 5. The minimum Gasteiger partial charge on any atom is -0.463 e. The van der Waals surface area contributed by atoms with Crippen molar-refractivity contribution in [3.63, 3.8) is 0 Å². The van der Waals surface area contributed by atoms with Crippen molar-refractivity contribution < 1.29 is 24.2 Å². The molecule has 1 atom stereocenters. The Morgan fingerprint density at radius 3 is 2.40 bits per heavy atom. The monoisotopic (exact) mass is 215 g/mol. The molecule has 0 aliphatic carbocycles. The van der Waals surface area contributed by atoms with Crippen LogP contribution in [-0.2, 0) is 19.1 Å². The van der Waals surface area contributed by atoms with E-state index < -0.39 is 18.0 Å². The molecule has 0 saturated carbocycles. The van der Waals surface area contributed by atoms with Gasteiger partial charge in [-0.3, -0.25) is 4.79 Å². The third-order valence-corrected chi connectivity index (χ3v) is 1.41. The Bertz CT molecular complexity index is 246. The topological polar surface area (TPSA) is 72.8 Å². The molecule has 0 fully saturated rings. The fraction of sp³-hybridized carbons (Fsp3) is 0.500. The lowest BCUT2D eigenvalue weighted by Crippen LogP contribution is -2.25. The number of hydrogen-bond donors (Lipinski definition) is 1. The van der Waals surface area contributed by atoms with Crippen LogP contribution >= 0.6 is 0 Å². The van der Waals surface area contributed by atoms with Crippen LogP contribution in [-0.4, -0.2) is 36.4 Å². The molecule has 0 saturated heterocycles. The van der Waals surface area contributed by atoms with E-state index in [2.05, 4.69) is 16.1 Å². The van der Waals surface area contributed by atoms with Gasteiger partial charge >= 0.3 is 11.9 Å². The molecule has 0 aromatic heterocycles. The van der Waals surface area contributed by atoms with E-state index in [-0.39, 0.29) is 18.8 Å². The molecule has 0 rings (SSSR count). The standard InChI is InChI=1S/C10H15O5/c1-4-9(12)14-5-8(11)6-15-10(13)7(2)3/h4,8,11H,2,5-6H2,1,3H3. The molecule has 5 heteroatoms. The van der Waals surface area contributed by atoms with Gasteiger partial charge < -0.3 is 14.6 Å². The smallest absolute Gasteiger partial charge is 0.333 e. The maximum Gasteiger partial charge on any atom is 0.333 e. The lowest BCUT2D eigenvalue weighted by Gasteiger charge is -2.11. The van der Waals surface area contributed by atoms with E-state index in [1.807, 2.05) is 0 Å². The summed E-state index contributed by atoms with van der Waals surface area (Å²) in [7, 11) is 0. The van der Waals surface area contributed by atoms with Crippen molar-refractivity contribution in [3.05, 3.63) is 18.6 Å². The Hall–Kier alpha value is -1.36. The highest BCUT2D eigenvalue weighted by Crippen LogP contribution is 1.95. The van der Waals surface area contributed by atoms with Crippen molar-refractivity contribution in [2.45, 2.75) is 20.0 Å². The summed E-state index contributed by atoms with van der Waals surface area (Å²) in [5.41, 5.74) is 0.251. The van der Waals surface area contributed by atoms with Crippen molar-refractivity contribution >= 4 is 11.9 Å². The molecule has 0 bridgehead atoms. The first-order valence-electron chi connectivity index (χ1n) is 4.44. The number of carbonyl (C=O) groups is 2. The van der Waals surface area contributed by atoms with Crippen LogP contribution < -0.4 is 0 Å². The highest BCUT2D eigenvalue weighted by molar-refractivity contribution is 5.86. The van der Waals surface area contributed by atoms with Crippen LogP contribution in [0.3, 0.4) is 0 Å². The Balaban J connectivity index is 3.66. The second-order valence-corrected chi connectivity index (χ2v) is 2.95. The van der Waals surface area contributed by atoms with E-state index in [0.717, 1.165) is 0 Å². The normalized spacial score (nSPS) is 11.7. The molecule has 1 N–H and O–H groups in total. The van der Waals surface area contributed by atoms with Gasteiger partial charge in [-0.25, -0.2) is 4.79 Å². The van der Waals surface area contributed by atoms with Gasteiger partial charge in [0.25, 0.3) is 0 Å². The van der Waals surface area contributed by atoms with Gasteiger partial charge in [-0.2, -0.15) is 0 Å². The van der Waals surface area contributed by atoms with E-state index in [1.165, 1.54) is 20.3 Å². The molecule has 0 aromatic carbocycles. The average Bonchev–Trinajstić information content (AvgIpc) is 2.21. The summed E-state index contributed by atoms with van der Waals surface area (Å²) < 4.78 is 9.23. The van der Waals surface area contributed by atoms with Crippen molar-refractivity contribution in [1.82, 2.24) is 0 Å². The largest absolute Gasteiger partial charge is 0.463 e. The molecule has 5 nitrogen and oxygen atoms in total. The quantitative estimate of drug-likeness (QED) is 0.507. The van der Waals surface area contributed by atoms with E-state index in [1.54, 1.807) is 0 Å². The zero-order chi connectivity index (χ0) is 11.8. The number of carbonyl (C=O) groups excluding carboxylic acids is 2. The number of ether oxygens (including phenoxy) is 2. The minimum absolute atomic E-state index is 0.202. The molecule has 85 valence electrons. The van der Waals surface area contributed by atoms with E-state index >= 15 is 0 Å². The molecule has 15 heavy (non-hydrogen) atoms. The van der Waals surface area contributed by atoms with E-state index in [0.29, 0.717) is 0 Å². The lowest BCUT2D eigenvalue weighted by atomic mass is 10.3. The van der Waals surface area contributed by atoms with Gasteiger partial charge in [0.05, 0.1) is 6.42 Å². The fourth-order valence-electron chi connectivity index (χ4n) is 0.605. The van der Waals surface area contributed by atoms with Gasteiger partial charge in [0.15, 0.2) is 0 Å². The Morgan fingerprint density at radius 1 is 1.40 bits per heavy atom. The van der Waals surface area contributed by atoms with Gasteiger partial charge in [0, 0.05) is 5.57 Å². The molecule has 0 aliphatic rings. The van der Waals surface area contributed by atoms with Gasteiger partial charge in [-0.15, -0.1) is 0 Å². The molecule has 1 radical (unpaired) electrons. The van der Waals surface area contributed by atoms with Crippen molar-refractivity contribution in [3.8, 4) is 0 Å². The molecule has 0 heterocycles. The zero-order valence-corrected chi connectivity index (χ0v) is 8.86. The number of rotatable bonds is 6. The molecule has 0 amide bonds. The van der Waals surface area contributed by atoms with Gasteiger partial charge in [0.1, 0.15) is 19.3 Å². The summed E-state index contributed by atoms with van der Waals surface area (Å²) in [6.45, 7) is 5.98. The average molecular weight is 215 g/mol. The summed E-state index contributed by atoms with van der Waals surface area (Å²) in [5.74, 6) is -1.11. The molecule has 1 unspecified atom stereocenters. The van der Waals surface area contributed by atoms with Crippen LogP contribution in [0, 0.1) is 6.42 Å². The Labute approximate surface area is 88.7 Å². The zero-order valence-electron chi connectivity index (χ0n) is 8.86. The predicted octanol–water partition coefficient (Wildman–Crippen LogP) is 0.234. The molecule has 0 aromatic rings. The Kier molecular flexibility index (Phi) is 6.37. The first-order chi connectivity index (χ1) is 6.97. The van der Waals surface area contributed by atoms with Gasteiger partial charge in [-0.05, 0) is 6.92 Å². The van der Waals surface area contributed by atoms with Crippen LogP contribution in [0.15, 0.2) is 12.2 Å². The molecular formula is C10H15O5. The second-order valence-electron chi connectivity index (χ2n) is 2.95. The minimum atomic E-state index is -1.02. The van der Waals surface area contributed by atoms with E-state index in [9.17, 15) is 14.7 Å². The summed E-state index contributed by atoms with van der Waals surface area (Å²) in [5, 5.41) is 9.23. The molecule has 0 spiro atoms. The lowest BCUT2D eigenvalue weighted by molar-refractivity contribution is -0.147. The van der Waals surface area contributed by atoms with Crippen LogP contribution in [0.1, 0.15) is 13.8 Å². The summed E-state index contributed by atoms with van der Waals surface area (Å²) in [6.07, 6.45) is 0.212. The first-order valence-corrected chi connectivity index (χ1v) is 4.44. The third-order valence-electron chi connectivity index (χ3n) is 1.41. The maximum atomic E-state index is 10.9. The van der Waals surface area contributed by atoms with Gasteiger partial charge in [0.2, 0.25) is 0 Å². The summed E-state index contributed by atoms with van der Waals surface area (Å²) >= 11 is 0. The summed E-state index contributed by atoms with van der Waals surface area (Å²) in [6, 6.07) is 0. The third kappa shape index (κ3) is 6.68. The van der Waals surface area contributed by atoms with Crippen molar-refractivity contribution in [2.24, 2.45) is 0 Å². The molecular weight excluding hydrogens is 200 g/mol. The predicted molar refractivity (Wildman–Crippen MR) is 52.7 cm³/mol. The van der Waals surface area contributed by atoms with Crippen molar-refractivity contribution in [2.75, 3.05) is 13.2 Å². The van der Waals surface area contributed by atoms with Crippen molar-refractivity contribution in [1.29, 1.82) is 0 Å². The number of aliphatic hydroxyl groups is 1. The highest BCUT2D eigenvalue weighted by Gasteiger charge is 2.11. The summed E-state index contributed by atoms with van der Waals surface area (Å²) in [4.78, 5) is 21.5. The number of esters is 2. The SMILES string of the molecule is C=C(C)C(=O)OCC(O)COC(=O)[CH]C. The fourth-order valence-corrected chi connectivity index (χ4v) is 0.605. The van der Waals surface area contributed by atoms with E-state index in [4.69, 9.17) is 0 Å². The molecule has 0 aliphatic heterocycles. The van der Waals surface area contributed by atoms with Crippen LogP contribution in [0.4, 0.5) is 0 Å². The highest BCUT2D eigenvalue weighted by atomic mass is 16.6. The second kappa shape index (κ2) is 7.00. The van der Waals surface area contributed by atoms with Crippen LogP contribution in [0.2, 0.25) is 0 Å². The van der Waals surface area contributed by atoms with Crippen LogP contribution in [0.5, 0.6) is 0 Å². The number of aliphatic hydroxyl groups excluding tert-OH is 1. The Morgan fingerprint density at radius 2 is 1.93 bits per heavy atom. The van der Waals surface area contributed by atoms with Gasteiger partial charge in [-0.1, -0.05) is 13.5 Å².